The normalized spacial score (nSPS) is 11.2. The van der Waals surface area contributed by atoms with Crippen molar-refractivity contribution in [3.05, 3.63) is 17.5 Å². The van der Waals surface area contributed by atoms with Crippen LogP contribution in [0.3, 0.4) is 0 Å². The first-order valence-corrected chi connectivity index (χ1v) is 4.95. The molecule has 0 fully saturated rings. The van der Waals surface area contributed by atoms with Gasteiger partial charge in [-0.3, -0.25) is 0 Å². The number of aromatic nitrogens is 1. The summed E-state index contributed by atoms with van der Waals surface area (Å²) >= 11 is 5.40. The van der Waals surface area contributed by atoms with Crippen LogP contribution in [0.2, 0.25) is 0 Å². The number of carbonyl (C=O) groups is 1. The van der Waals surface area contributed by atoms with Crippen LogP contribution in [-0.2, 0) is 10.6 Å². The van der Waals surface area contributed by atoms with Crippen molar-refractivity contribution in [3.8, 4) is 11.5 Å². The Balaban J connectivity index is 3.30. The van der Waals surface area contributed by atoms with Gasteiger partial charge in [0.15, 0.2) is 11.4 Å². The summed E-state index contributed by atoms with van der Waals surface area (Å²) in [6, 6.07) is 0.602. The summed E-state index contributed by atoms with van der Waals surface area (Å²) in [6.45, 7) is 0. The highest BCUT2D eigenvalue weighted by Gasteiger charge is 2.34. The van der Waals surface area contributed by atoms with E-state index in [4.69, 9.17) is 11.6 Å². The molecule has 1 N–H and O–H groups in total. The molecule has 0 radical (unpaired) electrons. The number of hydrogen-bond acceptors (Lipinski definition) is 5. The lowest BCUT2D eigenvalue weighted by Gasteiger charge is -2.13. The van der Waals surface area contributed by atoms with Gasteiger partial charge < -0.3 is 14.6 Å². The molecule has 100 valence electrons. The number of nitrogens with zero attached hydrogens (tertiary/aromatic N) is 1. The van der Waals surface area contributed by atoms with Crippen molar-refractivity contribution >= 4 is 17.6 Å². The van der Waals surface area contributed by atoms with Crippen LogP contribution in [0.25, 0.3) is 0 Å². The van der Waals surface area contributed by atoms with Gasteiger partial charge in [-0.25, -0.2) is 9.78 Å². The van der Waals surface area contributed by atoms with E-state index in [0.29, 0.717) is 6.07 Å². The van der Waals surface area contributed by atoms with Crippen LogP contribution in [0.1, 0.15) is 16.2 Å². The molecular weight excluding hydrogens is 279 g/mol. The summed E-state index contributed by atoms with van der Waals surface area (Å²) in [5, 5.41) is 9.32. The van der Waals surface area contributed by atoms with E-state index in [1.807, 2.05) is 0 Å². The molecule has 0 spiro atoms. The second-order valence-electron chi connectivity index (χ2n) is 2.97. The van der Waals surface area contributed by atoms with Crippen LogP contribution in [0.15, 0.2) is 6.07 Å². The van der Waals surface area contributed by atoms with Crippen molar-refractivity contribution < 1.29 is 32.5 Å². The Labute approximate surface area is 104 Å². The molecular formula is C9H7ClF3NO4. The lowest BCUT2D eigenvalue weighted by Crippen LogP contribution is -2.20. The number of aromatic hydroxyl groups is 1. The van der Waals surface area contributed by atoms with Gasteiger partial charge in [0.25, 0.3) is 0 Å². The topological polar surface area (TPSA) is 68.7 Å². The first-order valence-electron chi connectivity index (χ1n) is 4.41. The smallest absolute Gasteiger partial charge is 0.506 e. The fraction of sp³-hybridized carbons (Fsp3) is 0.333. The van der Waals surface area contributed by atoms with Gasteiger partial charge in [-0.05, 0) is 0 Å². The Morgan fingerprint density at radius 1 is 1.56 bits per heavy atom. The maximum Gasteiger partial charge on any atom is 0.573 e. The summed E-state index contributed by atoms with van der Waals surface area (Å²) in [7, 11) is 0.967. The summed E-state index contributed by atoms with van der Waals surface area (Å²) in [5.74, 6) is -3.00. The van der Waals surface area contributed by atoms with Gasteiger partial charge >= 0.3 is 12.3 Å². The van der Waals surface area contributed by atoms with Crippen LogP contribution >= 0.6 is 11.6 Å². The first kappa shape index (κ1) is 14.4. The summed E-state index contributed by atoms with van der Waals surface area (Å²) in [6.07, 6.45) is -5.03. The highest BCUT2D eigenvalue weighted by Crippen LogP contribution is 2.31. The molecule has 1 aromatic rings. The van der Waals surface area contributed by atoms with Crippen LogP contribution in [-0.4, -0.2) is 29.5 Å². The fourth-order valence-corrected chi connectivity index (χ4v) is 1.26. The minimum Gasteiger partial charge on any atom is -0.506 e. The van der Waals surface area contributed by atoms with E-state index >= 15 is 0 Å². The third kappa shape index (κ3) is 3.39. The number of alkyl halides is 4. The van der Waals surface area contributed by atoms with Gasteiger partial charge in [-0.2, -0.15) is 0 Å². The van der Waals surface area contributed by atoms with E-state index in [1.165, 1.54) is 0 Å². The standard InChI is InChI=1S/C9H7ClF3NO4/c1-17-8(16)7-6(18-9(11,12)13)2-5(15)4(3-10)14-7/h2,15H,3H2,1H3. The van der Waals surface area contributed by atoms with Crippen LogP contribution < -0.4 is 4.74 Å². The number of ether oxygens (including phenoxy) is 2. The Morgan fingerprint density at radius 2 is 2.17 bits per heavy atom. The zero-order valence-corrected chi connectivity index (χ0v) is 9.67. The summed E-state index contributed by atoms with van der Waals surface area (Å²) < 4.78 is 44.1. The molecule has 5 nitrogen and oxygen atoms in total. The fourth-order valence-electron chi connectivity index (χ4n) is 1.07. The molecule has 0 amide bonds. The van der Waals surface area contributed by atoms with E-state index in [0.717, 1.165) is 7.11 Å². The Hall–Kier alpha value is -1.70. The molecule has 0 aliphatic rings. The molecule has 0 bridgehead atoms. The molecule has 0 saturated heterocycles. The van der Waals surface area contributed by atoms with Crippen molar-refractivity contribution in [3.63, 3.8) is 0 Å². The van der Waals surface area contributed by atoms with Gasteiger partial charge in [0.05, 0.1) is 18.7 Å². The number of esters is 1. The lowest BCUT2D eigenvalue weighted by molar-refractivity contribution is -0.274. The zero-order valence-electron chi connectivity index (χ0n) is 8.92. The molecule has 0 aliphatic carbocycles. The number of pyridine rings is 1. The van der Waals surface area contributed by atoms with Crippen molar-refractivity contribution in [2.75, 3.05) is 7.11 Å². The molecule has 1 rings (SSSR count). The highest BCUT2D eigenvalue weighted by molar-refractivity contribution is 6.17. The molecule has 9 heteroatoms. The third-order valence-corrected chi connectivity index (χ3v) is 2.03. The van der Waals surface area contributed by atoms with Crippen molar-refractivity contribution in [2.24, 2.45) is 0 Å². The minimum atomic E-state index is -5.03. The van der Waals surface area contributed by atoms with Gasteiger partial charge in [0.1, 0.15) is 5.75 Å². The Morgan fingerprint density at radius 3 is 2.61 bits per heavy atom. The van der Waals surface area contributed by atoms with Crippen molar-refractivity contribution in [1.29, 1.82) is 0 Å². The Kier molecular flexibility index (Phi) is 4.23. The monoisotopic (exact) mass is 285 g/mol. The molecule has 0 atom stereocenters. The number of halogens is 4. The number of rotatable bonds is 3. The maximum atomic E-state index is 12.1. The van der Waals surface area contributed by atoms with Crippen molar-refractivity contribution in [2.45, 2.75) is 12.2 Å². The average Bonchev–Trinajstić information content (AvgIpc) is 2.26. The zero-order chi connectivity index (χ0) is 13.9. The van der Waals surface area contributed by atoms with E-state index in [-0.39, 0.29) is 11.6 Å². The molecule has 0 unspecified atom stereocenters. The molecule has 18 heavy (non-hydrogen) atoms. The molecule has 0 saturated carbocycles. The number of hydrogen-bond donors (Lipinski definition) is 1. The molecule has 0 aromatic carbocycles. The van der Waals surface area contributed by atoms with E-state index in [2.05, 4.69) is 14.5 Å². The maximum absolute atomic E-state index is 12.1. The Bertz CT molecular complexity index is 464. The largest absolute Gasteiger partial charge is 0.573 e. The average molecular weight is 286 g/mol. The SMILES string of the molecule is COC(=O)c1nc(CCl)c(O)cc1OC(F)(F)F. The van der Waals surface area contributed by atoms with Gasteiger partial charge in [-0.1, -0.05) is 0 Å². The number of carbonyl (C=O) groups excluding carboxylic acids is 1. The van der Waals surface area contributed by atoms with E-state index < -0.39 is 29.5 Å². The second-order valence-corrected chi connectivity index (χ2v) is 3.24. The van der Waals surface area contributed by atoms with Gasteiger partial charge in [0, 0.05) is 6.07 Å². The van der Waals surface area contributed by atoms with Crippen LogP contribution in [0.5, 0.6) is 11.5 Å². The third-order valence-electron chi connectivity index (χ3n) is 1.77. The van der Waals surface area contributed by atoms with Gasteiger partial charge in [-0.15, -0.1) is 24.8 Å². The highest BCUT2D eigenvalue weighted by atomic mass is 35.5. The quantitative estimate of drug-likeness (QED) is 0.681. The molecule has 1 aromatic heterocycles. The predicted molar refractivity (Wildman–Crippen MR) is 53.5 cm³/mol. The molecule has 1 heterocycles. The van der Waals surface area contributed by atoms with E-state index in [1.54, 1.807) is 0 Å². The summed E-state index contributed by atoms with van der Waals surface area (Å²) in [4.78, 5) is 14.7. The van der Waals surface area contributed by atoms with Crippen LogP contribution in [0, 0.1) is 0 Å². The first-order chi connectivity index (χ1) is 8.28. The second kappa shape index (κ2) is 5.30. The molecule has 0 aliphatic heterocycles. The predicted octanol–water partition coefficient (Wildman–Crippen LogP) is 2.21. The lowest BCUT2D eigenvalue weighted by atomic mass is 10.2. The van der Waals surface area contributed by atoms with Crippen molar-refractivity contribution in [1.82, 2.24) is 4.98 Å². The minimum absolute atomic E-state index is 0.161. The van der Waals surface area contributed by atoms with Crippen LogP contribution in [0.4, 0.5) is 13.2 Å². The number of methoxy groups -OCH3 is 1. The summed E-state index contributed by atoms with van der Waals surface area (Å²) in [5.41, 5.74) is -0.880. The van der Waals surface area contributed by atoms with E-state index in [9.17, 15) is 23.1 Å². The van der Waals surface area contributed by atoms with Gasteiger partial charge in [0.2, 0.25) is 0 Å².